The fourth-order valence-corrected chi connectivity index (χ4v) is 8.53. The molecule has 0 bridgehead atoms. The first-order valence-electron chi connectivity index (χ1n) is 20.7. The van der Waals surface area contributed by atoms with Gasteiger partial charge in [-0.1, -0.05) is 18.0 Å². The standard InChI is InChI=1S/C42H46N12O6/c1-25-20-28(46-42(59)47-31-23-43-33-14-15-45-54(33)38(31)26-6-5-7-26)22-44-37(25)39-49-35(60-50-39)8-3-2-4-9-36(56)52-18-16-51(17-19-52)29-10-11-30-27(21-29)24-53(41(30)58)32-12-13-34(55)48-40(32)57/h10-11,14-15,20-23,26,32H,2-9,12-13,16-19,24H2,1H3,(H2,46,47,59)(H,48,55,57). The molecule has 1 saturated carbocycles. The Morgan fingerprint density at radius 2 is 1.80 bits per heavy atom. The van der Waals surface area contributed by atoms with Crippen molar-refractivity contribution in [2.45, 2.75) is 89.6 Å². The Morgan fingerprint density at radius 3 is 2.58 bits per heavy atom. The van der Waals surface area contributed by atoms with E-state index in [-0.39, 0.29) is 24.1 Å². The van der Waals surface area contributed by atoms with Crippen molar-refractivity contribution in [2.24, 2.45) is 0 Å². The monoisotopic (exact) mass is 814 g/mol. The number of hydrogen-bond donors (Lipinski definition) is 3. The van der Waals surface area contributed by atoms with E-state index in [0.717, 1.165) is 66.7 Å². The molecule has 1 unspecified atom stereocenters. The summed E-state index contributed by atoms with van der Waals surface area (Å²) in [5.74, 6) is 0.419. The third-order valence-corrected chi connectivity index (χ3v) is 12.0. The largest absolute Gasteiger partial charge is 0.368 e. The van der Waals surface area contributed by atoms with Gasteiger partial charge in [-0.15, -0.1) is 0 Å². The summed E-state index contributed by atoms with van der Waals surface area (Å²) in [6, 6.07) is 8.36. The number of piperazine rings is 1. The Bertz CT molecular complexity index is 2490. The summed E-state index contributed by atoms with van der Waals surface area (Å²) in [7, 11) is 0. The second-order valence-electron chi connectivity index (χ2n) is 15.9. The predicted molar refractivity (Wildman–Crippen MR) is 218 cm³/mol. The van der Waals surface area contributed by atoms with Gasteiger partial charge in [0.2, 0.25) is 29.4 Å². The van der Waals surface area contributed by atoms with Gasteiger partial charge in [0.1, 0.15) is 11.7 Å². The van der Waals surface area contributed by atoms with Gasteiger partial charge in [-0.3, -0.25) is 29.5 Å². The van der Waals surface area contributed by atoms with E-state index < -0.39 is 18.0 Å². The van der Waals surface area contributed by atoms with Gasteiger partial charge in [0.25, 0.3) is 5.91 Å². The maximum absolute atomic E-state index is 13.1. The highest BCUT2D eigenvalue weighted by molar-refractivity contribution is 6.05. The lowest BCUT2D eigenvalue weighted by molar-refractivity contribution is -0.137. The van der Waals surface area contributed by atoms with Crippen LogP contribution in [0.1, 0.15) is 96.8 Å². The topological polar surface area (TPSA) is 213 Å². The summed E-state index contributed by atoms with van der Waals surface area (Å²) in [6.07, 6.45) is 12.2. The number of piperidine rings is 1. The van der Waals surface area contributed by atoms with Crippen LogP contribution in [0.25, 0.3) is 17.2 Å². The molecule has 1 aromatic carbocycles. The molecule has 60 heavy (non-hydrogen) atoms. The van der Waals surface area contributed by atoms with Crippen molar-refractivity contribution in [3.05, 3.63) is 77.2 Å². The van der Waals surface area contributed by atoms with Crippen molar-refractivity contribution in [1.82, 2.24) is 44.8 Å². The zero-order valence-corrected chi connectivity index (χ0v) is 33.4. The fraction of sp³-hybridized carbons (Fsp3) is 0.429. The van der Waals surface area contributed by atoms with Crippen molar-refractivity contribution in [3.8, 4) is 11.5 Å². The highest BCUT2D eigenvalue weighted by atomic mass is 16.5. The number of nitrogens with one attached hydrogen (secondary N) is 3. The highest BCUT2D eigenvalue weighted by Crippen LogP contribution is 2.40. The maximum atomic E-state index is 13.1. The molecule has 6 amide bonds. The molecular formula is C42H46N12O6. The summed E-state index contributed by atoms with van der Waals surface area (Å²) >= 11 is 0. The van der Waals surface area contributed by atoms with E-state index in [1.807, 2.05) is 42.2 Å². The lowest BCUT2D eigenvalue weighted by Gasteiger charge is -2.36. The van der Waals surface area contributed by atoms with E-state index in [4.69, 9.17) is 4.52 Å². The van der Waals surface area contributed by atoms with Gasteiger partial charge in [0.15, 0.2) is 5.65 Å². The Hall–Kier alpha value is -6.72. The Morgan fingerprint density at radius 1 is 0.950 bits per heavy atom. The molecule has 1 aliphatic carbocycles. The summed E-state index contributed by atoms with van der Waals surface area (Å²) in [4.78, 5) is 82.4. The quantitative estimate of drug-likeness (QED) is 0.116. The van der Waals surface area contributed by atoms with E-state index >= 15 is 0 Å². The SMILES string of the molecule is Cc1cc(NC(=O)Nc2cnc3ccnn3c2C2CCC2)cnc1-c1noc(CCCCCC(=O)N2CCN(c3ccc4c(c3)CN(C3CCC(=O)NC3=O)C4=O)CC2)n1. The van der Waals surface area contributed by atoms with E-state index in [0.29, 0.717) is 92.3 Å². The van der Waals surface area contributed by atoms with Gasteiger partial charge in [-0.05, 0) is 74.4 Å². The van der Waals surface area contributed by atoms with E-state index in [1.54, 1.807) is 28.0 Å². The minimum absolute atomic E-state index is 0.136. The van der Waals surface area contributed by atoms with Gasteiger partial charge >= 0.3 is 6.03 Å². The van der Waals surface area contributed by atoms with Crippen LogP contribution in [0.3, 0.4) is 0 Å². The fourth-order valence-electron chi connectivity index (χ4n) is 8.53. The molecule has 0 spiro atoms. The van der Waals surface area contributed by atoms with E-state index in [2.05, 4.69) is 46.1 Å². The minimum Gasteiger partial charge on any atom is -0.368 e. The number of imide groups is 1. The molecule has 18 nitrogen and oxygen atoms in total. The molecule has 5 aromatic rings. The van der Waals surface area contributed by atoms with Gasteiger partial charge in [0, 0.05) is 75.2 Å². The number of fused-ring (bicyclic) bond motifs is 2. The lowest BCUT2D eigenvalue weighted by atomic mass is 9.82. The number of nitrogens with zero attached hydrogens (tertiary/aromatic N) is 9. The van der Waals surface area contributed by atoms with Crippen molar-refractivity contribution < 1.29 is 28.5 Å². The average molecular weight is 815 g/mol. The molecule has 2 saturated heterocycles. The molecule has 4 aromatic heterocycles. The zero-order chi connectivity index (χ0) is 41.3. The van der Waals surface area contributed by atoms with Crippen molar-refractivity contribution in [1.29, 1.82) is 0 Å². The minimum atomic E-state index is -0.642. The number of hydrogen-bond acceptors (Lipinski definition) is 12. The number of aryl methyl sites for hydroxylation is 2. The number of urea groups is 1. The molecule has 3 aliphatic heterocycles. The van der Waals surface area contributed by atoms with E-state index in [9.17, 15) is 24.0 Å². The van der Waals surface area contributed by atoms with Crippen molar-refractivity contribution in [3.63, 3.8) is 0 Å². The molecule has 0 radical (unpaired) electrons. The smallest absolute Gasteiger partial charge is 0.323 e. The van der Waals surface area contributed by atoms with Gasteiger partial charge < -0.3 is 29.9 Å². The number of anilines is 3. The zero-order valence-electron chi connectivity index (χ0n) is 33.4. The number of benzene rings is 1. The molecule has 310 valence electrons. The number of pyridine rings is 1. The van der Waals surface area contributed by atoms with Gasteiger partial charge in [-0.25, -0.2) is 14.3 Å². The molecule has 4 aliphatic rings. The summed E-state index contributed by atoms with van der Waals surface area (Å²) in [6.45, 7) is 4.79. The van der Waals surface area contributed by atoms with Crippen molar-refractivity contribution >= 4 is 52.4 Å². The summed E-state index contributed by atoms with van der Waals surface area (Å²) in [5.41, 5.74) is 6.63. The molecule has 1 atom stereocenters. The Labute approximate surface area is 345 Å². The first kappa shape index (κ1) is 38.8. The van der Waals surface area contributed by atoms with Crippen LogP contribution in [0.4, 0.5) is 21.9 Å². The second-order valence-corrected chi connectivity index (χ2v) is 15.9. The predicted octanol–water partition coefficient (Wildman–Crippen LogP) is 4.61. The molecule has 3 N–H and O–H groups in total. The normalized spacial score (nSPS) is 18.1. The number of aromatic nitrogens is 6. The van der Waals surface area contributed by atoms with Crippen LogP contribution in [-0.4, -0.2) is 101 Å². The van der Waals surface area contributed by atoms with Crippen LogP contribution in [-0.2, 0) is 27.3 Å². The molecule has 9 rings (SSSR count). The van der Waals surface area contributed by atoms with E-state index in [1.165, 1.54) is 0 Å². The van der Waals surface area contributed by atoms with Crippen LogP contribution in [0.15, 0.2) is 53.4 Å². The lowest BCUT2D eigenvalue weighted by Crippen LogP contribution is -2.52. The first-order chi connectivity index (χ1) is 29.2. The molecule has 3 fully saturated rings. The van der Waals surface area contributed by atoms with Crippen LogP contribution in [0.5, 0.6) is 0 Å². The van der Waals surface area contributed by atoms with Crippen molar-refractivity contribution in [2.75, 3.05) is 41.7 Å². The van der Waals surface area contributed by atoms with Crippen LogP contribution in [0, 0.1) is 6.92 Å². The van der Waals surface area contributed by atoms with Gasteiger partial charge in [-0.2, -0.15) is 10.1 Å². The number of carbonyl (C=O) groups is 5. The third kappa shape index (κ3) is 7.88. The number of carbonyl (C=O) groups excluding carboxylic acids is 5. The van der Waals surface area contributed by atoms with Gasteiger partial charge in [0.05, 0.1) is 35.7 Å². The Kier molecular flexibility index (Phi) is 10.7. The molecule has 7 heterocycles. The summed E-state index contributed by atoms with van der Waals surface area (Å²) < 4.78 is 7.33. The first-order valence-corrected chi connectivity index (χ1v) is 20.7. The third-order valence-electron chi connectivity index (χ3n) is 12.0. The van der Waals surface area contributed by atoms with Crippen LogP contribution < -0.4 is 20.9 Å². The van der Waals surface area contributed by atoms with Crippen LogP contribution >= 0.6 is 0 Å². The maximum Gasteiger partial charge on any atom is 0.323 e. The molecule has 18 heteroatoms. The average Bonchev–Trinajstić information content (AvgIpc) is 3.97. The second kappa shape index (κ2) is 16.5. The number of unbranched alkanes of at least 4 members (excludes halogenated alkanes) is 2. The van der Waals surface area contributed by atoms with Crippen LogP contribution in [0.2, 0.25) is 0 Å². The number of rotatable bonds is 12. The highest BCUT2D eigenvalue weighted by Gasteiger charge is 2.39. The Balaban J connectivity index is 0.699. The number of amides is 6. The molecular weight excluding hydrogens is 769 g/mol. The summed E-state index contributed by atoms with van der Waals surface area (Å²) in [5, 5.41) is 16.7.